The molecule has 130 valence electrons. The lowest BCUT2D eigenvalue weighted by molar-refractivity contribution is -0.141. The van der Waals surface area contributed by atoms with Crippen LogP contribution in [0.3, 0.4) is 0 Å². The van der Waals surface area contributed by atoms with Crippen molar-refractivity contribution in [2.75, 3.05) is 18.5 Å². The molecular weight excluding hydrogens is 342 g/mol. The maximum atomic E-state index is 12.0. The van der Waals surface area contributed by atoms with Gasteiger partial charge >= 0.3 is 0 Å². The predicted octanol–water partition coefficient (Wildman–Crippen LogP) is 2.30. The maximum absolute atomic E-state index is 12.0. The Labute approximate surface area is 148 Å². The third-order valence-electron chi connectivity index (χ3n) is 3.67. The fourth-order valence-electron chi connectivity index (χ4n) is 2.45. The van der Waals surface area contributed by atoms with Crippen molar-refractivity contribution >= 4 is 34.2 Å². The average Bonchev–Trinajstić information content (AvgIpc) is 3.18. The summed E-state index contributed by atoms with van der Waals surface area (Å²) in [6.07, 6.45) is 0.344. The van der Waals surface area contributed by atoms with Gasteiger partial charge in [-0.2, -0.15) is 0 Å². The maximum Gasteiger partial charge on any atom is 0.246 e. The SMILES string of the molecule is CCOc1ccc(-c2csc(NC(=O)CN3C(=O)CCC3=O)n2)cc1. The molecule has 7 nitrogen and oxygen atoms in total. The molecule has 1 aromatic heterocycles. The zero-order valence-electron chi connectivity index (χ0n) is 13.7. The van der Waals surface area contributed by atoms with Gasteiger partial charge in [-0.25, -0.2) is 4.98 Å². The number of rotatable bonds is 6. The number of amides is 3. The minimum Gasteiger partial charge on any atom is -0.494 e. The van der Waals surface area contributed by atoms with Crippen LogP contribution in [0.15, 0.2) is 29.6 Å². The van der Waals surface area contributed by atoms with Gasteiger partial charge in [0.15, 0.2) is 5.13 Å². The Morgan fingerprint density at radius 2 is 1.92 bits per heavy atom. The lowest BCUT2D eigenvalue weighted by Crippen LogP contribution is -2.36. The van der Waals surface area contributed by atoms with E-state index < -0.39 is 5.91 Å². The van der Waals surface area contributed by atoms with Crippen molar-refractivity contribution in [3.05, 3.63) is 29.6 Å². The second-order valence-corrected chi connectivity index (χ2v) is 6.28. The van der Waals surface area contributed by atoms with Crippen LogP contribution < -0.4 is 10.1 Å². The summed E-state index contributed by atoms with van der Waals surface area (Å²) < 4.78 is 5.40. The number of carbonyl (C=O) groups excluding carboxylic acids is 3. The van der Waals surface area contributed by atoms with Gasteiger partial charge in [0.05, 0.1) is 12.3 Å². The summed E-state index contributed by atoms with van der Waals surface area (Å²) in [6.45, 7) is 2.26. The molecule has 1 saturated heterocycles. The molecule has 0 radical (unpaired) electrons. The van der Waals surface area contributed by atoms with E-state index in [-0.39, 0.29) is 31.2 Å². The smallest absolute Gasteiger partial charge is 0.246 e. The number of aromatic nitrogens is 1. The van der Waals surface area contributed by atoms with Gasteiger partial charge in [0.2, 0.25) is 17.7 Å². The molecule has 1 aromatic carbocycles. The highest BCUT2D eigenvalue weighted by atomic mass is 32.1. The van der Waals surface area contributed by atoms with Crippen LogP contribution in [0.1, 0.15) is 19.8 Å². The number of likely N-dealkylation sites (tertiary alicyclic amines) is 1. The largest absolute Gasteiger partial charge is 0.494 e. The Bertz CT molecular complexity index is 784. The lowest BCUT2D eigenvalue weighted by atomic mass is 10.2. The predicted molar refractivity (Wildman–Crippen MR) is 93.3 cm³/mol. The van der Waals surface area contributed by atoms with E-state index in [9.17, 15) is 14.4 Å². The fraction of sp³-hybridized carbons (Fsp3) is 0.294. The van der Waals surface area contributed by atoms with Crippen LogP contribution >= 0.6 is 11.3 Å². The summed E-state index contributed by atoms with van der Waals surface area (Å²) in [5.41, 5.74) is 1.64. The second kappa shape index (κ2) is 7.43. The molecule has 1 fully saturated rings. The van der Waals surface area contributed by atoms with Crippen LogP contribution in [-0.4, -0.2) is 40.8 Å². The van der Waals surface area contributed by atoms with Crippen molar-refractivity contribution in [1.82, 2.24) is 9.88 Å². The normalized spacial score (nSPS) is 14.0. The first-order chi connectivity index (χ1) is 12.1. The Morgan fingerprint density at radius 1 is 1.24 bits per heavy atom. The molecule has 1 N–H and O–H groups in total. The highest BCUT2D eigenvalue weighted by Crippen LogP contribution is 2.26. The first-order valence-corrected chi connectivity index (χ1v) is 8.76. The van der Waals surface area contributed by atoms with E-state index in [0.717, 1.165) is 21.9 Å². The quantitative estimate of drug-likeness (QED) is 0.800. The number of benzene rings is 1. The van der Waals surface area contributed by atoms with Gasteiger partial charge in [0.1, 0.15) is 12.3 Å². The first kappa shape index (κ1) is 17.1. The van der Waals surface area contributed by atoms with Gasteiger partial charge in [-0.1, -0.05) is 0 Å². The summed E-state index contributed by atoms with van der Waals surface area (Å²) in [5.74, 6) is -0.269. The summed E-state index contributed by atoms with van der Waals surface area (Å²) >= 11 is 1.28. The Morgan fingerprint density at radius 3 is 2.56 bits per heavy atom. The van der Waals surface area contributed by atoms with Gasteiger partial charge in [-0.05, 0) is 31.2 Å². The van der Waals surface area contributed by atoms with E-state index in [1.807, 2.05) is 36.6 Å². The average molecular weight is 359 g/mol. The molecule has 1 aliphatic rings. The highest BCUT2D eigenvalue weighted by Gasteiger charge is 2.30. The Balaban J connectivity index is 1.62. The Kier molecular flexibility index (Phi) is 5.08. The van der Waals surface area contributed by atoms with E-state index in [0.29, 0.717) is 11.7 Å². The molecule has 3 rings (SSSR count). The molecular formula is C17H17N3O4S. The van der Waals surface area contributed by atoms with E-state index >= 15 is 0 Å². The van der Waals surface area contributed by atoms with Crippen LogP contribution in [0, 0.1) is 0 Å². The number of nitrogens with zero attached hydrogens (tertiary/aromatic N) is 2. The summed E-state index contributed by atoms with van der Waals surface area (Å²) in [5, 5.41) is 4.88. The minimum atomic E-state index is -0.434. The molecule has 0 saturated carbocycles. The van der Waals surface area contributed by atoms with Gasteiger partial charge in [-0.3, -0.25) is 19.3 Å². The van der Waals surface area contributed by atoms with Crippen molar-refractivity contribution < 1.29 is 19.1 Å². The Hall–Kier alpha value is -2.74. The number of hydrogen-bond donors (Lipinski definition) is 1. The third kappa shape index (κ3) is 4.03. The molecule has 0 unspecified atom stereocenters. The number of imide groups is 1. The third-order valence-corrected chi connectivity index (χ3v) is 4.43. The molecule has 0 bridgehead atoms. The summed E-state index contributed by atoms with van der Waals surface area (Å²) in [6, 6.07) is 7.52. The number of ether oxygens (including phenoxy) is 1. The van der Waals surface area contributed by atoms with Gasteiger partial charge in [0.25, 0.3) is 0 Å². The first-order valence-electron chi connectivity index (χ1n) is 7.88. The van der Waals surface area contributed by atoms with E-state index in [1.165, 1.54) is 11.3 Å². The second-order valence-electron chi connectivity index (χ2n) is 5.42. The minimum absolute atomic E-state index is 0.172. The highest BCUT2D eigenvalue weighted by molar-refractivity contribution is 7.14. The molecule has 1 aliphatic heterocycles. The number of carbonyl (C=O) groups is 3. The summed E-state index contributed by atoms with van der Waals surface area (Å²) in [7, 11) is 0. The van der Waals surface area contributed by atoms with Crippen LogP contribution in [0.4, 0.5) is 5.13 Å². The van der Waals surface area contributed by atoms with Gasteiger partial charge in [0, 0.05) is 23.8 Å². The topological polar surface area (TPSA) is 88.6 Å². The number of anilines is 1. The van der Waals surface area contributed by atoms with Gasteiger partial charge in [-0.15, -0.1) is 11.3 Å². The van der Waals surface area contributed by atoms with Crippen molar-refractivity contribution in [2.45, 2.75) is 19.8 Å². The molecule has 2 aromatic rings. The van der Waals surface area contributed by atoms with Crippen LogP contribution in [0.2, 0.25) is 0 Å². The number of hydrogen-bond acceptors (Lipinski definition) is 6. The van der Waals surface area contributed by atoms with Crippen LogP contribution in [0.5, 0.6) is 5.75 Å². The molecule has 0 spiro atoms. The molecule has 0 atom stereocenters. The molecule has 8 heteroatoms. The fourth-order valence-corrected chi connectivity index (χ4v) is 3.19. The van der Waals surface area contributed by atoms with E-state index in [2.05, 4.69) is 10.3 Å². The monoisotopic (exact) mass is 359 g/mol. The molecule has 25 heavy (non-hydrogen) atoms. The lowest BCUT2D eigenvalue weighted by Gasteiger charge is -2.12. The number of thiazole rings is 1. The van der Waals surface area contributed by atoms with E-state index in [4.69, 9.17) is 4.74 Å². The van der Waals surface area contributed by atoms with Crippen molar-refractivity contribution in [3.63, 3.8) is 0 Å². The van der Waals surface area contributed by atoms with Gasteiger partial charge < -0.3 is 10.1 Å². The van der Waals surface area contributed by atoms with E-state index in [1.54, 1.807) is 0 Å². The van der Waals surface area contributed by atoms with Crippen molar-refractivity contribution in [1.29, 1.82) is 0 Å². The molecule has 0 aliphatic carbocycles. The molecule has 2 heterocycles. The standard InChI is InChI=1S/C17H17N3O4S/c1-2-24-12-5-3-11(4-6-12)13-10-25-17(18-13)19-14(21)9-20-15(22)7-8-16(20)23/h3-6,10H,2,7-9H2,1H3,(H,18,19,21). The zero-order chi connectivity index (χ0) is 17.8. The summed E-state index contributed by atoms with van der Waals surface area (Å²) in [4.78, 5) is 40.4. The van der Waals surface area contributed by atoms with Crippen molar-refractivity contribution in [2.24, 2.45) is 0 Å². The van der Waals surface area contributed by atoms with Crippen LogP contribution in [-0.2, 0) is 14.4 Å². The van der Waals surface area contributed by atoms with Crippen LogP contribution in [0.25, 0.3) is 11.3 Å². The number of nitrogens with one attached hydrogen (secondary N) is 1. The van der Waals surface area contributed by atoms with Crippen molar-refractivity contribution in [3.8, 4) is 17.0 Å². The molecule has 3 amide bonds. The zero-order valence-corrected chi connectivity index (χ0v) is 14.5.